The number of nitrogens with zero attached hydrogens (tertiary/aromatic N) is 2. The van der Waals surface area contributed by atoms with Crippen molar-refractivity contribution in [2.75, 3.05) is 0 Å². The van der Waals surface area contributed by atoms with Crippen molar-refractivity contribution in [3.05, 3.63) is 38.1 Å². The van der Waals surface area contributed by atoms with Gasteiger partial charge in [-0.2, -0.15) is 0 Å². The lowest BCUT2D eigenvalue weighted by Gasteiger charge is -2.09. The lowest BCUT2D eigenvalue weighted by atomic mass is 10.1. The zero-order valence-electron chi connectivity index (χ0n) is 7.64. The molecule has 0 aliphatic heterocycles. The number of halogens is 1. The Morgan fingerprint density at radius 3 is 2.93 bits per heavy atom. The van der Waals surface area contributed by atoms with Gasteiger partial charge in [0.05, 0.1) is 8.93 Å². The number of rotatable bonds is 2. The molecule has 3 nitrogen and oxygen atoms in total. The highest BCUT2D eigenvalue weighted by atomic mass is 127. The summed E-state index contributed by atoms with van der Waals surface area (Å²) in [5.41, 5.74) is 7.23. The first kappa shape index (κ1) is 10.1. The van der Waals surface area contributed by atoms with E-state index in [0.29, 0.717) is 0 Å². The summed E-state index contributed by atoms with van der Waals surface area (Å²) in [4.78, 5) is 4.24. The molecule has 0 aromatic carbocycles. The zero-order chi connectivity index (χ0) is 10.1. The SMILES string of the molecule is Cn1ccnc1C(N)c1csc(I)c1. The molecule has 1 unspecified atom stereocenters. The maximum absolute atomic E-state index is 6.09. The van der Waals surface area contributed by atoms with Crippen LogP contribution in [0.2, 0.25) is 0 Å². The summed E-state index contributed by atoms with van der Waals surface area (Å²) < 4.78 is 3.21. The summed E-state index contributed by atoms with van der Waals surface area (Å²) >= 11 is 4.00. The average molecular weight is 319 g/mol. The van der Waals surface area contributed by atoms with Crippen LogP contribution in [0.4, 0.5) is 0 Å². The van der Waals surface area contributed by atoms with E-state index in [2.05, 4.69) is 39.0 Å². The second-order valence-corrected chi connectivity index (χ2v) is 5.86. The van der Waals surface area contributed by atoms with Crippen molar-refractivity contribution in [3.63, 3.8) is 0 Å². The lowest BCUT2D eigenvalue weighted by molar-refractivity contribution is 0.718. The maximum atomic E-state index is 6.09. The molecule has 2 rings (SSSR count). The third-order valence-electron chi connectivity index (χ3n) is 2.08. The number of thiophene rings is 1. The van der Waals surface area contributed by atoms with E-state index in [-0.39, 0.29) is 6.04 Å². The molecule has 2 N–H and O–H groups in total. The highest BCUT2D eigenvalue weighted by Crippen LogP contribution is 2.24. The minimum Gasteiger partial charge on any atom is -0.336 e. The summed E-state index contributed by atoms with van der Waals surface area (Å²) in [7, 11) is 1.96. The third kappa shape index (κ3) is 1.84. The normalized spacial score (nSPS) is 13.1. The Balaban J connectivity index is 2.33. The van der Waals surface area contributed by atoms with E-state index in [0.717, 1.165) is 11.4 Å². The summed E-state index contributed by atoms with van der Waals surface area (Å²) in [6.07, 6.45) is 3.68. The van der Waals surface area contributed by atoms with Crippen LogP contribution in [0.5, 0.6) is 0 Å². The van der Waals surface area contributed by atoms with Crippen molar-refractivity contribution >= 4 is 33.9 Å². The van der Waals surface area contributed by atoms with Crippen molar-refractivity contribution in [2.45, 2.75) is 6.04 Å². The molecule has 0 saturated heterocycles. The van der Waals surface area contributed by atoms with Crippen LogP contribution in [0.3, 0.4) is 0 Å². The van der Waals surface area contributed by atoms with Crippen LogP contribution in [0, 0.1) is 2.88 Å². The monoisotopic (exact) mass is 319 g/mol. The van der Waals surface area contributed by atoms with Crippen molar-refractivity contribution in [2.24, 2.45) is 12.8 Å². The van der Waals surface area contributed by atoms with Gasteiger partial charge in [0.15, 0.2) is 0 Å². The number of aromatic nitrogens is 2. The predicted octanol–water partition coefficient (Wildman–Crippen LogP) is 2.13. The molecule has 2 heterocycles. The van der Waals surface area contributed by atoms with Gasteiger partial charge in [0.1, 0.15) is 5.82 Å². The fourth-order valence-electron chi connectivity index (χ4n) is 1.31. The number of aryl methyl sites for hydroxylation is 1. The van der Waals surface area contributed by atoms with E-state index in [1.165, 1.54) is 2.88 Å². The summed E-state index contributed by atoms with van der Waals surface area (Å²) in [5.74, 6) is 0.902. The fourth-order valence-corrected chi connectivity index (χ4v) is 2.72. The molecular weight excluding hydrogens is 309 g/mol. The van der Waals surface area contributed by atoms with Gasteiger partial charge in [0, 0.05) is 19.4 Å². The lowest BCUT2D eigenvalue weighted by Crippen LogP contribution is -2.15. The Morgan fingerprint density at radius 1 is 1.64 bits per heavy atom. The molecule has 5 heteroatoms. The Hall–Kier alpha value is -0.400. The van der Waals surface area contributed by atoms with Crippen LogP contribution in [-0.2, 0) is 7.05 Å². The van der Waals surface area contributed by atoms with Crippen molar-refractivity contribution in [3.8, 4) is 0 Å². The van der Waals surface area contributed by atoms with Gasteiger partial charge in [-0.25, -0.2) is 4.98 Å². The third-order valence-corrected chi connectivity index (χ3v) is 3.89. The number of imidazole rings is 1. The van der Waals surface area contributed by atoms with E-state index >= 15 is 0 Å². The molecule has 0 saturated carbocycles. The van der Waals surface area contributed by atoms with Gasteiger partial charge in [0.25, 0.3) is 0 Å². The predicted molar refractivity (Wildman–Crippen MR) is 66.3 cm³/mol. The molecule has 0 amide bonds. The van der Waals surface area contributed by atoms with Crippen LogP contribution < -0.4 is 5.73 Å². The molecule has 0 fully saturated rings. The molecule has 0 spiro atoms. The van der Waals surface area contributed by atoms with Crippen molar-refractivity contribution in [1.29, 1.82) is 0 Å². The van der Waals surface area contributed by atoms with Crippen LogP contribution in [0.1, 0.15) is 17.4 Å². The van der Waals surface area contributed by atoms with Gasteiger partial charge in [-0.05, 0) is 39.6 Å². The Kier molecular flexibility index (Phi) is 2.89. The first-order valence-electron chi connectivity index (χ1n) is 4.15. The summed E-state index contributed by atoms with van der Waals surface area (Å²) in [5, 5.41) is 2.08. The van der Waals surface area contributed by atoms with E-state index in [9.17, 15) is 0 Å². The van der Waals surface area contributed by atoms with E-state index in [4.69, 9.17) is 5.73 Å². The molecule has 1 atom stereocenters. The van der Waals surface area contributed by atoms with Gasteiger partial charge in [0.2, 0.25) is 0 Å². The Bertz CT molecular complexity index is 435. The largest absolute Gasteiger partial charge is 0.336 e. The summed E-state index contributed by atoms with van der Waals surface area (Å²) in [6, 6.07) is 1.99. The number of hydrogen-bond acceptors (Lipinski definition) is 3. The highest BCUT2D eigenvalue weighted by molar-refractivity contribution is 14.1. The van der Waals surface area contributed by atoms with Gasteiger partial charge < -0.3 is 10.3 Å². The van der Waals surface area contributed by atoms with Gasteiger partial charge in [-0.3, -0.25) is 0 Å². The van der Waals surface area contributed by atoms with E-state index in [1.807, 2.05) is 17.8 Å². The standard InChI is InChI=1S/C9H10IN3S/c1-13-3-2-12-9(13)8(11)6-4-7(10)14-5-6/h2-5,8H,11H2,1H3. The molecule has 0 aliphatic carbocycles. The van der Waals surface area contributed by atoms with Crippen LogP contribution in [-0.4, -0.2) is 9.55 Å². The molecule has 0 aliphatic rings. The van der Waals surface area contributed by atoms with Gasteiger partial charge >= 0.3 is 0 Å². The van der Waals surface area contributed by atoms with Crippen molar-refractivity contribution in [1.82, 2.24) is 9.55 Å². The van der Waals surface area contributed by atoms with E-state index in [1.54, 1.807) is 17.5 Å². The fraction of sp³-hybridized carbons (Fsp3) is 0.222. The first-order chi connectivity index (χ1) is 6.68. The molecule has 2 aromatic heterocycles. The quantitative estimate of drug-likeness (QED) is 0.862. The molecule has 2 aromatic rings. The van der Waals surface area contributed by atoms with Crippen LogP contribution in [0.15, 0.2) is 23.8 Å². The number of nitrogens with two attached hydrogens (primary N) is 1. The topological polar surface area (TPSA) is 43.8 Å². The van der Waals surface area contributed by atoms with E-state index < -0.39 is 0 Å². The Labute approximate surface area is 100 Å². The van der Waals surface area contributed by atoms with Gasteiger partial charge in [-0.15, -0.1) is 11.3 Å². The smallest absolute Gasteiger partial charge is 0.130 e. The minimum absolute atomic E-state index is 0.116. The zero-order valence-corrected chi connectivity index (χ0v) is 10.6. The molecule has 14 heavy (non-hydrogen) atoms. The second kappa shape index (κ2) is 4.00. The van der Waals surface area contributed by atoms with Crippen LogP contribution >= 0.6 is 33.9 Å². The molecule has 0 radical (unpaired) electrons. The van der Waals surface area contributed by atoms with Crippen LogP contribution in [0.25, 0.3) is 0 Å². The summed E-state index contributed by atoms with van der Waals surface area (Å²) in [6.45, 7) is 0. The highest BCUT2D eigenvalue weighted by Gasteiger charge is 2.14. The average Bonchev–Trinajstić information content (AvgIpc) is 2.73. The molecule has 74 valence electrons. The molecule has 0 bridgehead atoms. The molecular formula is C9H10IN3S. The van der Waals surface area contributed by atoms with Crippen molar-refractivity contribution < 1.29 is 0 Å². The number of hydrogen-bond donors (Lipinski definition) is 1. The maximum Gasteiger partial charge on any atom is 0.130 e. The van der Waals surface area contributed by atoms with Gasteiger partial charge in [-0.1, -0.05) is 0 Å². The second-order valence-electron chi connectivity index (χ2n) is 3.06. The Morgan fingerprint density at radius 2 is 2.43 bits per heavy atom. The first-order valence-corrected chi connectivity index (χ1v) is 6.11. The minimum atomic E-state index is -0.116.